The van der Waals surface area contributed by atoms with Gasteiger partial charge in [0.1, 0.15) is 6.10 Å². The van der Waals surface area contributed by atoms with E-state index in [2.05, 4.69) is 19.2 Å². The number of aliphatic hydroxyl groups excluding tert-OH is 3. The molecule has 0 aliphatic rings. The van der Waals surface area contributed by atoms with Gasteiger partial charge in [0.05, 0.1) is 18.8 Å². The zero-order valence-corrected chi connectivity index (χ0v) is 43.0. The van der Waals surface area contributed by atoms with Crippen LogP contribution in [0.15, 0.2) is 12.2 Å². The zero-order valence-electron chi connectivity index (χ0n) is 43.0. The van der Waals surface area contributed by atoms with Crippen molar-refractivity contribution in [1.82, 2.24) is 5.32 Å². The fraction of sp³-hybridized carbons (Fsp3) is 0.948. The molecule has 0 aromatic heterocycles. The third kappa shape index (κ3) is 48.8. The van der Waals surface area contributed by atoms with E-state index in [1.807, 2.05) is 6.08 Å². The Balaban J connectivity index is 3.52. The van der Waals surface area contributed by atoms with Gasteiger partial charge in [-0.1, -0.05) is 321 Å². The van der Waals surface area contributed by atoms with Gasteiger partial charge in [0.2, 0.25) is 5.91 Å². The van der Waals surface area contributed by atoms with Gasteiger partial charge < -0.3 is 20.6 Å². The van der Waals surface area contributed by atoms with Crippen molar-refractivity contribution in [2.45, 2.75) is 347 Å². The van der Waals surface area contributed by atoms with E-state index in [4.69, 9.17) is 0 Å². The van der Waals surface area contributed by atoms with Crippen LogP contribution in [0.3, 0.4) is 0 Å². The van der Waals surface area contributed by atoms with Crippen molar-refractivity contribution in [2.24, 2.45) is 0 Å². The molecule has 0 bridgehead atoms. The third-order valence-electron chi connectivity index (χ3n) is 13.9. The predicted molar refractivity (Wildman–Crippen MR) is 278 cm³/mol. The first-order chi connectivity index (χ1) is 31.1. The lowest BCUT2D eigenvalue weighted by molar-refractivity contribution is -0.131. The summed E-state index contributed by atoms with van der Waals surface area (Å²) in [6.07, 6.45) is 67.3. The molecule has 0 rings (SSSR count). The summed E-state index contributed by atoms with van der Waals surface area (Å²) in [6, 6.07) is -0.794. The van der Waals surface area contributed by atoms with Crippen molar-refractivity contribution >= 4 is 5.91 Å². The van der Waals surface area contributed by atoms with Crippen molar-refractivity contribution in [3.8, 4) is 0 Å². The maximum atomic E-state index is 12.6. The van der Waals surface area contributed by atoms with E-state index in [-0.39, 0.29) is 6.61 Å². The molecule has 0 aromatic rings. The molecule has 0 saturated heterocycles. The van der Waals surface area contributed by atoms with Crippen LogP contribution in [0.5, 0.6) is 0 Å². The van der Waals surface area contributed by atoms with E-state index < -0.39 is 24.2 Å². The van der Waals surface area contributed by atoms with Crippen molar-refractivity contribution in [3.05, 3.63) is 12.2 Å². The average Bonchev–Trinajstić information content (AvgIpc) is 3.29. The number of aliphatic hydroxyl groups is 3. The molecule has 0 fully saturated rings. The lowest BCUT2D eigenvalue weighted by Crippen LogP contribution is -2.48. The number of carbonyl (C=O) groups excluding carboxylic acids is 1. The van der Waals surface area contributed by atoms with Crippen LogP contribution in [0.1, 0.15) is 328 Å². The van der Waals surface area contributed by atoms with Crippen LogP contribution in [0.2, 0.25) is 0 Å². The highest BCUT2D eigenvalue weighted by Crippen LogP contribution is 2.18. The van der Waals surface area contributed by atoms with Gasteiger partial charge in [-0.25, -0.2) is 0 Å². The number of nitrogens with one attached hydrogen (secondary N) is 1. The normalized spacial score (nSPS) is 13.3. The van der Waals surface area contributed by atoms with Crippen molar-refractivity contribution in [1.29, 1.82) is 0 Å². The SMILES string of the molecule is CCCCCCCCCCCCCCCCCCCCC/C=C/C(O)C(CO)NC(=O)C(O)CCCCCCCCCCCCCCCCCCCCCCCCCCCCCC. The molecule has 5 heteroatoms. The van der Waals surface area contributed by atoms with Gasteiger partial charge in [-0.05, 0) is 19.3 Å². The van der Waals surface area contributed by atoms with E-state index >= 15 is 0 Å². The summed E-state index contributed by atoms with van der Waals surface area (Å²) in [5, 5.41) is 33.4. The van der Waals surface area contributed by atoms with Crippen molar-refractivity contribution in [2.75, 3.05) is 6.61 Å². The maximum absolute atomic E-state index is 12.6. The minimum atomic E-state index is -1.09. The molecule has 0 heterocycles. The largest absolute Gasteiger partial charge is 0.394 e. The first-order valence-electron chi connectivity index (χ1n) is 29.0. The number of hydrogen-bond acceptors (Lipinski definition) is 4. The van der Waals surface area contributed by atoms with Gasteiger partial charge >= 0.3 is 0 Å². The van der Waals surface area contributed by atoms with E-state index in [1.165, 1.54) is 276 Å². The highest BCUT2D eigenvalue weighted by molar-refractivity contribution is 5.80. The average molecular weight is 891 g/mol. The summed E-state index contributed by atoms with van der Waals surface area (Å²) in [5.41, 5.74) is 0. The molecule has 0 aromatic carbocycles. The maximum Gasteiger partial charge on any atom is 0.249 e. The van der Waals surface area contributed by atoms with Crippen LogP contribution < -0.4 is 5.32 Å². The van der Waals surface area contributed by atoms with Crippen LogP contribution in [-0.4, -0.2) is 46.1 Å². The Hall–Kier alpha value is -0.910. The Labute approximate surface area is 395 Å². The standard InChI is InChI=1S/C58H115NO4/c1-3-5-7-9-11-13-15-17-19-21-23-25-26-27-28-29-30-31-33-35-37-39-41-43-45-47-49-51-53-57(62)58(63)59-55(54-60)56(61)52-50-48-46-44-42-40-38-36-34-32-24-22-20-18-16-14-12-10-8-6-4-2/h50,52,55-57,60-62H,3-49,51,53-54H2,1-2H3,(H,59,63)/b52-50+. The number of carbonyl (C=O) groups is 1. The molecule has 0 radical (unpaired) electrons. The van der Waals surface area contributed by atoms with Gasteiger partial charge in [0.15, 0.2) is 0 Å². The summed E-state index contributed by atoms with van der Waals surface area (Å²) in [5.74, 6) is -0.495. The minimum Gasteiger partial charge on any atom is -0.394 e. The fourth-order valence-electron chi connectivity index (χ4n) is 9.37. The highest BCUT2D eigenvalue weighted by atomic mass is 16.3. The molecule has 0 spiro atoms. The summed E-state index contributed by atoms with van der Waals surface area (Å²) in [7, 11) is 0. The number of hydrogen-bond donors (Lipinski definition) is 4. The van der Waals surface area contributed by atoms with Crippen LogP contribution in [0, 0.1) is 0 Å². The van der Waals surface area contributed by atoms with Gasteiger partial charge in [-0.3, -0.25) is 4.79 Å². The van der Waals surface area contributed by atoms with E-state index in [1.54, 1.807) is 6.08 Å². The van der Waals surface area contributed by atoms with E-state index in [9.17, 15) is 20.1 Å². The first kappa shape index (κ1) is 62.1. The molecule has 1 amide bonds. The van der Waals surface area contributed by atoms with Gasteiger partial charge in [0.25, 0.3) is 0 Å². The number of unbranched alkanes of at least 4 members (excludes halogenated alkanes) is 46. The van der Waals surface area contributed by atoms with Gasteiger partial charge in [-0.15, -0.1) is 0 Å². The second-order valence-corrected chi connectivity index (χ2v) is 20.2. The smallest absolute Gasteiger partial charge is 0.249 e. The van der Waals surface area contributed by atoms with Gasteiger partial charge in [-0.2, -0.15) is 0 Å². The van der Waals surface area contributed by atoms with Crippen molar-refractivity contribution in [3.63, 3.8) is 0 Å². The Kier molecular flexibility index (Phi) is 52.9. The van der Waals surface area contributed by atoms with Crippen LogP contribution in [0.4, 0.5) is 0 Å². The molecule has 4 N–H and O–H groups in total. The molecule has 0 saturated carbocycles. The second kappa shape index (κ2) is 53.7. The second-order valence-electron chi connectivity index (χ2n) is 20.2. The summed E-state index contributed by atoms with van der Waals surface area (Å²) >= 11 is 0. The molecule has 3 unspecified atom stereocenters. The quantitative estimate of drug-likeness (QED) is 0.0362. The molecule has 0 aliphatic heterocycles. The molecule has 376 valence electrons. The molecular formula is C58H115NO4. The number of allylic oxidation sites excluding steroid dienone is 1. The van der Waals surface area contributed by atoms with E-state index in [0.717, 1.165) is 32.1 Å². The minimum absolute atomic E-state index is 0.358. The Morgan fingerprint density at radius 1 is 0.381 bits per heavy atom. The molecule has 63 heavy (non-hydrogen) atoms. The zero-order chi connectivity index (χ0) is 45.8. The lowest BCUT2D eigenvalue weighted by Gasteiger charge is -2.21. The number of amides is 1. The van der Waals surface area contributed by atoms with Crippen LogP contribution in [-0.2, 0) is 4.79 Å². The Bertz CT molecular complexity index is 894. The van der Waals surface area contributed by atoms with Gasteiger partial charge in [0, 0.05) is 0 Å². The first-order valence-corrected chi connectivity index (χ1v) is 29.0. The third-order valence-corrected chi connectivity index (χ3v) is 13.9. The van der Waals surface area contributed by atoms with Crippen LogP contribution in [0.25, 0.3) is 0 Å². The monoisotopic (exact) mass is 890 g/mol. The summed E-state index contributed by atoms with van der Waals surface area (Å²) in [4.78, 5) is 12.6. The van der Waals surface area contributed by atoms with E-state index in [0.29, 0.717) is 6.42 Å². The van der Waals surface area contributed by atoms with Crippen molar-refractivity contribution < 1.29 is 20.1 Å². The molecule has 5 nitrogen and oxygen atoms in total. The predicted octanol–water partition coefficient (Wildman–Crippen LogP) is 17.9. The molecule has 3 atom stereocenters. The Morgan fingerprint density at radius 3 is 0.873 bits per heavy atom. The highest BCUT2D eigenvalue weighted by Gasteiger charge is 2.22. The topological polar surface area (TPSA) is 89.8 Å². The number of rotatable bonds is 54. The molecule has 0 aliphatic carbocycles. The molecular weight excluding hydrogens is 775 g/mol. The van der Waals surface area contributed by atoms with Crippen LogP contribution >= 0.6 is 0 Å². The Morgan fingerprint density at radius 2 is 0.619 bits per heavy atom. The fourth-order valence-corrected chi connectivity index (χ4v) is 9.37. The summed E-state index contributed by atoms with van der Waals surface area (Å²) < 4.78 is 0. The lowest BCUT2D eigenvalue weighted by atomic mass is 10.0. The summed E-state index contributed by atoms with van der Waals surface area (Å²) in [6.45, 7) is 4.23.